The zero-order valence-electron chi connectivity index (χ0n) is 22.7. The van der Waals surface area contributed by atoms with E-state index < -0.39 is 0 Å². The van der Waals surface area contributed by atoms with Crippen LogP contribution in [-0.4, -0.2) is 47.7 Å². The van der Waals surface area contributed by atoms with Crippen LogP contribution in [0.1, 0.15) is 49.9 Å². The minimum atomic E-state index is 0.217. The molecule has 0 radical (unpaired) electrons. The van der Waals surface area contributed by atoms with Crippen molar-refractivity contribution in [3.05, 3.63) is 70.8 Å². The normalized spacial score (nSPS) is 21.2. The van der Waals surface area contributed by atoms with Crippen molar-refractivity contribution in [2.75, 3.05) is 26.2 Å². The van der Waals surface area contributed by atoms with E-state index in [2.05, 4.69) is 86.0 Å². The van der Waals surface area contributed by atoms with E-state index in [0.717, 1.165) is 39.3 Å². The predicted octanol–water partition coefficient (Wildman–Crippen LogP) is 6.94. The first-order chi connectivity index (χ1) is 18.3. The highest BCUT2D eigenvalue weighted by atomic mass is 15.2. The molecule has 0 bridgehead atoms. The maximum atomic E-state index is 5.13. The summed E-state index contributed by atoms with van der Waals surface area (Å²) in [6.07, 6.45) is 0. The maximum absolute atomic E-state index is 5.13. The highest BCUT2D eigenvalue weighted by molar-refractivity contribution is 6.37. The molecule has 0 aliphatic carbocycles. The molecule has 4 nitrogen and oxygen atoms in total. The number of hydrogen-bond acceptors (Lipinski definition) is 4. The first-order valence-corrected chi connectivity index (χ1v) is 14.1. The Morgan fingerprint density at radius 3 is 1.34 bits per heavy atom. The van der Waals surface area contributed by atoms with Crippen LogP contribution in [0.5, 0.6) is 0 Å². The molecule has 0 N–H and O–H groups in total. The quantitative estimate of drug-likeness (QED) is 0.172. The number of benzene rings is 5. The Morgan fingerprint density at radius 1 is 0.526 bits per heavy atom. The van der Waals surface area contributed by atoms with Crippen molar-refractivity contribution in [1.29, 1.82) is 0 Å². The maximum Gasteiger partial charge on any atom is 0.131 e. The molecule has 4 aliphatic rings. The molecule has 0 saturated heterocycles. The molecule has 5 aromatic carbocycles. The summed E-state index contributed by atoms with van der Waals surface area (Å²) >= 11 is 0. The summed E-state index contributed by atoms with van der Waals surface area (Å²) in [7, 11) is 0. The molecular weight excluding hydrogens is 464 g/mol. The van der Waals surface area contributed by atoms with E-state index in [9.17, 15) is 0 Å². The van der Waals surface area contributed by atoms with Crippen molar-refractivity contribution in [2.45, 2.75) is 40.8 Å². The molecule has 0 amide bonds. The van der Waals surface area contributed by atoms with Gasteiger partial charge in [-0.2, -0.15) is 0 Å². The fourth-order valence-corrected chi connectivity index (χ4v) is 7.91. The van der Waals surface area contributed by atoms with Crippen LogP contribution in [0.3, 0.4) is 0 Å². The highest BCUT2D eigenvalue weighted by Crippen LogP contribution is 2.47. The molecule has 4 aliphatic heterocycles. The Labute approximate surface area is 223 Å². The average Bonchev–Trinajstić information content (AvgIpc) is 2.88. The summed E-state index contributed by atoms with van der Waals surface area (Å²) in [4.78, 5) is 15.3. The highest BCUT2D eigenvalue weighted by Gasteiger charge is 2.36. The summed E-state index contributed by atoms with van der Waals surface area (Å²) in [5.41, 5.74) is 5.92. The summed E-state index contributed by atoms with van der Waals surface area (Å²) < 4.78 is 0. The number of amidine groups is 2. The second-order valence-electron chi connectivity index (χ2n) is 13.7. The van der Waals surface area contributed by atoms with E-state index in [1.807, 2.05) is 0 Å². The molecular formula is C34H32N4. The van der Waals surface area contributed by atoms with Crippen molar-refractivity contribution in [1.82, 2.24) is 9.80 Å². The smallest absolute Gasteiger partial charge is 0.131 e. The fraction of sp³-hybridized carbons (Fsp3) is 0.353. The largest absolute Gasteiger partial charge is 0.351 e. The van der Waals surface area contributed by atoms with E-state index in [1.54, 1.807) is 0 Å². The minimum Gasteiger partial charge on any atom is -0.351 e. The van der Waals surface area contributed by atoms with Gasteiger partial charge in [0, 0.05) is 61.2 Å². The molecule has 0 spiro atoms. The SMILES string of the molecule is CC1(C)CN=C2c3ccc4c5ccc6c7c(ccc(c8ccc(c3c84)CN2C1)c75)CN1CC(C)(C)CN=C61. The summed E-state index contributed by atoms with van der Waals surface area (Å²) in [5.74, 6) is 2.38. The second-order valence-corrected chi connectivity index (χ2v) is 13.7. The number of hydrogen-bond donors (Lipinski definition) is 0. The van der Waals surface area contributed by atoms with E-state index in [0.29, 0.717) is 0 Å². The van der Waals surface area contributed by atoms with Gasteiger partial charge < -0.3 is 9.80 Å². The molecule has 38 heavy (non-hydrogen) atoms. The Kier molecular flexibility index (Phi) is 3.73. The lowest BCUT2D eigenvalue weighted by Gasteiger charge is -2.42. The van der Waals surface area contributed by atoms with Crippen LogP contribution in [-0.2, 0) is 13.1 Å². The van der Waals surface area contributed by atoms with Gasteiger partial charge in [0.05, 0.1) is 0 Å². The standard InChI is InChI=1S/C34H32N4/c1-33(2)15-35-31-25-11-9-23-24-10-12-26-28-20(14-38-18-34(3,4)16-36-32(26)38)6-8-22(30(24)28)21-7-5-19(13-37(31)17-33)27(25)29(21)23/h5-12H,13-18H2,1-4H3. The van der Waals surface area contributed by atoms with Crippen molar-refractivity contribution < 1.29 is 0 Å². The predicted molar refractivity (Wildman–Crippen MR) is 159 cm³/mol. The summed E-state index contributed by atoms with van der Waals surface area (Å²) in [5, 5.41) is 11.1. The van der Waals surface area contributed by atoms with E-state index in [4.69, 9.17) is 9.98 Å². The van der Waals surface area contributed by atoms with Crippen molar-refractivity contribution in [2.24, 2.45) is 20.8 Å². The molecule has 0 fully saturated rings. The zero-order chi connectivity index (χ0) is 25.6. The molecule has 0 atom stereocenters. The van der Waals surface area contributed by atoms with Gasteiger partial charge in [0.2, 0.25) is 0 Å². The average molecular weight is 497 g/mol. The van der Waals surface area contributed by atoms with E-state index >= 15 is 0 Å². The third-order valence-corrected chi connectivity index (χ3v) is 9.43. The Bertz CT molecular complexity index is 1780. The van der Waals surface area contributed by atoms with Crippen LogP contribution in [0, 0.1) is 10.8 Å². The summed E-state index contributed by atoms with van der Waals surface area (Å²) in [6, 6.07) is 19.0. The van der Waals surface area contributed by atoms with Crippen molar-refractivity contribution in [3.63, 3.8) is 0 Å². The Balaban J connectivity index is 1.37. The van der Waals surface area contributed by atoms with Crippen molar-refractivity contribution in [3.8, 4) is 0 Å². The number of fused-ring (bicyclic) bond motifs is 6. The number of rotatable bonds is 0. The third-order valence-electron chi connectivity index (χ3n) is 9.43. The lowest BCUT2D eigenvalue weighted by Crippen LogP contribution is -2.46. The molecule has 0 saturated carbocycles. The number of nitrogens with zero attached hydrogens (tertiary/aromatic N) is 4. The monoisotopic (exact) mass is 496 g/mol. The zero-order valence-corrected chi connectivity index (χ0v) is 22.7. The molecule has 5 aromatic rings. The number of aliphatic imine (C=N–C) groups is 2. The van der Waals surface area contributed by atoms with Crippen molar-refractivity contribution >= 4 is 54.8 Å². The topological polar surface area (TPSA) is 31.2 Å². The van der Waals surface area contributed by atoms with E-state index in [1.165, 1.54) is 77.0 Å². The van der Waals surface area contributed by atoms with Gasteiger partial charge in [-0.25, -0.2) is 0 Å². The first-order valence-electron chi connectivity index (χ1n) is 14.1. The lowest BCUT2D eigenvalue weighted by atomic mass is 9.81. The van der Waals surface area contributed by atoms with Gasteiger partial charge in [-0.1, -0.05) is 76.2 Å². The van der Waals surface area contributed by atoms with Gasteiger partial charge >= 0.3 is 0 Å². The van der Waals surface area contributed by atoms with Gasteiger partial charge in [0.25, 0.3) is 0 Å². The fourth-order valence-electron chi connectivity index (χ4n) is 7.91. The third kappa shape index (κ3) is 2.61. The van der Waals surface area contributed by atoms with Gasteiger partial charge in [0.1, 0.15) is 11.7 Å². The van der Waals surface area contributed by atoms with Gasteiger partial charge in [0.15, 0.2) is 0 Å². The van der Waals surface area contributed by atoms with Gasteiger partial charge in [-0.15, -0.1) is 0 Å². The summed E-state index contributed by atoms with van der Waals surface area (Å²) in [6.45, 7) is 15.1. The molecule has 188 valence electrons. The molecule has 4 heterocycles. The second kappa shape index (κ2) is 6.66. The van der Waals surface area contributed by atoms with E-state index in [-0.39, 0.29) is 10.8 Å². The van der Waals surface area contributed by atoms with Gasteiger partial charge in [-0.05, 0) is 54.2 Å². The molecule has 0 unspecified atom stereocenters. The first kappa shape index (κ1) is 21.3. The van der Waals surface area contributed by atoms with Crippen LogP contribution in [0.2, 0.25) is 0 Å². The molecule has 4 heteroatoms. The van der Waals surface area contributed by atoms with Crippen LogP contribution in [0.4, 0.5) is 0 Å². The van der Waals surface area contributed by atoms with Crippen LogP contribution in [0.25, 0.3) is 43.1 Å². The van der Waals surface area contributed by atoms with Crippen LogP contribution in [0.15, 0.2) is 58.5 Å². The molecule has 0 aromatic heterocycles. The Morgan fingerprint density at radius 2 is 0.921 bits per heavy atom. The Hall–Kier alpha value is -3.66. The molecule has 9 rings (SSSR count). The lowest BCUT2D eigenvalue weighted by molar-refractivity contribution is 0.234. The van der Waals surface area contributed by atoms with Crippen LogP contribution < -0.4 is 0 Å². The van der Waals surface area contributed by atoms with Gasteiger partial charge in [-0.3, -0.25) is 9.98 Å². The van der Waals surface area contributed by atoms with Crippen LogP contribution >= 0.6 is 0 Å². The minimum absolute atomic E-state index is 0.217.